The molecule has 4 aromatic rings. The van der Waals surface area contributed by atoms with Gasteiger partial charge in [-0.05, 0) is 35.2 Å². The lowest BCUT2D eigenvalue weighted by Crippen LogP contribution is -2.19. The summed E-state index contributed by atoms with van der Waals surface area (Å²) in [5.41, 5.74) is 1.77. The van der Waals surface area contributed by atoms with Crippen LogP contribution < -0.4 is 5.56 Å². The van der Waals surface area contributed by atoms with Gasteiger partial charge >= 0.3 is 5.97 Å². The standard InChI is InChI=1S/C21H14ClNO3/c1-26-21(25)18-12-17(13-5-3-2-4-6-13)20(24)23-10-9-14-7-8-15(22)11-16(14)19(18)23/h2-12H,1H3. The first-order chi connectivity index (χ1) is 12.6. The van der Waals surface area contributed by atoms with Crippen molar-refractivity contribution >= 4 is 33.9 Å². The van der Waals surface area contributed by atoms with Crippen LogP contribution in [-0.4, -0.2) is 17.5 Å². The number of benzene rings is 2. The first kappa shape index (κ1) is 16.4. The third-order valence-corrected chi connectivity index (χ3v) is 4.63. The number of rotatable bonds is 2. The molecule has 5 heteroatoms. The molecule has 128 valence electrons. The van der Waals surface area contributed by atoms with Crippen LogP contribution in [0.5, 0.6) is 0 Å². The molecule has 0 aliphatic heterocycles. The Bertz CT molecular complexity index is 1210. The second-order valence-corrected chi connectivity index (χ2v) is 6.34. The SMILES string of the molecule is COC(=O)c1cc(-c2ccccc2)c(=O)n2ccc3ccc(Cl)cc3c12. The largest absolute Gasteiger partial charge is 0.465 e. The Morgan fingerprint density at radius 2 is 1.81 bits per heavy atom. The lowest BCUT2D eigenvalue weighted by Gasteiger charge is -2.13. The van der Waals surface area contributed by atoms with Gasteiger partial charge in [-0.25, -0.2) is 4.79 Å². The number of carbonyl (C=O) groups excluding carboxylic acids is 1. The Kier molecular flexibility index (Phi) is 3.98. The number of pyridine rings is 2. The first-order valence-electron chi connectivity index (χ1n) is 8.01. The maximum Gasteiger partial charge on any atom is 0.340 e. The second kappa shape index (κ2) is 6.32. The molecule has 0 bridgehead atoms. The number of ether oxygens (including phenoxy) is 1. The van der Waals surface area contributed by atoms with Crippen molar-refractivity contribution in [2.75, 3.05) is 7.11 Å². The van der Waals surface area contributed by atoms with Gasteiger partial charge in [0, 0.05) is 22.2 Å². The zero-order valence-electron chi connectivity index (χ0n) is 13.9. The van der Waals surface area contributed by atoms with E-state index in [0.717, 1.165) is 16.3 Å². The van der Waals surface area contributed by atoms with Gasteiger partial charge in [0.25, 0.3) is 5.56 Å². The van der Waals surface area contributed by atoms with Gasteiger partial charge in [0.1, 0.15) is 0 Å². The zero-order chi connectivity index (χ0) is 18.3. The number of carbonyl (C=O) groups is 1. The number of halogens is 1. The average molecular weight is 364 g/mol. The minimum Gasteiger partial charge on any atom is -0.465 e. The third kappa shape index (κ3) is 2.55. The Hall–Kier alpha value is -3.11. The van der Waals surface area contributed by atoms with Crippen molar-refractivity contribution in [2.24, 2.45) is 0 Å². The molecule has 4 rings (SSSR count). The molecule has 2 heterocycles. The van der Waals surface area contributed by atoms with Crippen LogP contribution >= 0.6 is 11.6 Å². The van der Waals surface area contributed by atoms with E-state index in [-0.39, 0.29) is 5.56 Å². The van der Waals surface area contributed by atoms with E-state index in [2.05, 4.69) is 0 Å². The van der Waals surface area contributed by atoms with Gasteiger partial charge in [-0.1, -0.05) is 48.0 Å². The van der Waals surface area contributed by atoms with Gasteiger partial charge in [0.05, 0.1) is 18.2 Å². The fourth-order valence-electron chi connectivity index (χ4n) is 3.18. The maximum absolute atomic E-state index is 13.1. The summed E-state index contributed by atoms with van der Waals surface area (Å²) in [5, 5.41) is 2.13. The molecule has 0 unspecified atom stereocenters. The Labute approximate surface area is 154 Å². The van der Waals surface area contributed by atoms with Gasteiger partial charge in [-0.15, -0.1) is 0 Å². The summed E-state index contributed by atoms with van der Waals surface area (Å²) in [6.45, 7) is 0. The maximum atomic E-state index is 13.1. The summed E-state index contributed by atoms with van der Waals surface area (Å²) < 4.78 is 6.45. The number of nitrogens with zero attached hydrogens (tertiary/aromatic N) is 1. The monoisotopic (exact) mass is 363 g/mol. The minimum atomic E-state index is -0.507. The summed E-state index contributed by atoms with van der Waals surface area (Å²) in [6, 6.07) is 18.0. The van der Waals surface area contributed by atoms with Crippen LogP contribution in [0.25, 0.3) is 27.4 Å². The van der Waals surface area contributed by atoms with Crippen LogP contribution in [0.2, 0.25) is 5.02 Å². The van der Waals surface area contributed by atoms with E-state index in [1.54, 1.807) is 24.4 Å². The molecule has 0 amide bonds. The number of fused-ring (bicyclic) bond motifs is 3. The minimum absolute atomic E-state index is 0.208. The zero-order valence-corrected chi connectivity index (χ0v) is 14.7. The fourth-order valence-corrected chi connectivity index (χ4v) is 3.35. The van der Waals surface area contributed by atoms with Crippen LogP contribution in [-0.2, 0) is 4.74 Å². The summed E-state index contributed by atoms with van der Waals surface area (Å²) in [6.07, 6.45) is 1.67. The highest BCUT2D eigenvalue weighted by Crippen LogP contribution is 2.28. The Balaban J connectivity index is 2.20. The van der Waals surface area contributed by atoms with E-state index < -0.39 is 5.97 Å². The molecular weight excluding hydrogens is 350 g/mol. The van der Waals surface area contributed by atoms with E-state index in [1.165, 1.54) is 11.5 Å². The van der Waals surface area contributed by atoms with E-state index in [4.69, 9.17) is 16.3 Å². The summed E-state index contributed by atoms with van der Waals surface area (Å²) in [5.74, 6) is -0.507. The Morgan fingerprint density at radius 3 is 2.54 bits per heavy atom. The highest BCUT2D eigenvalue weighted by Gasteiger charge is 2.18. The quantitative estimate of drug-likeness (QED) is 0.387. The first-order valence-corrected chi connectivity index (χ1v) is 8.39. The molecule has 0 saturated heterocycles. The average Bonchev–Trinajstić information content (AvgIpc) is 2.68. The molecule has 0 aliphatic rings. The summed E-state index contributed by atoms with van der Waals surface area (Å²) in [4.78, 5) is 25.6. The lowest BCUT2D eigenvalue weighted by atomic mass is 10.0. The van der Waals surface area contributed by atoms with Gasteiger partial charge in [-0.2, -0.15) is 0 Å². The van der Waals surface area contributed by atoms with Crippen LogP contribution in [0.3, 0.4) is 0 Å². The van der Waals surface area contributed by atoms with E-state index in [9.17, 15) is 9.59 Å². The van der Waals surface area contributed by atoms with Crippen molar-refractivity contribution < 1.29 is 9.53 Å². The molecule has 2 aromatic heterocycles. The van der Waals surface area contributed by atoms with Crippen molar-refractivity contribution in [2.45, 2.75) is 0 Å². The highest BCUT2D eigenvalue weighted by atomic mass is 35.5. The topological polar surface area (TPSA) is 47.8 Å². The van der Waals surface area contributed by atoms with Crippen molar-refractivity contribution in [1.29, 1.82) is 0 Å². The number of esters is 1. The third-order valence-electron chi connectivity index (χ3n) is 4.40. The molecule has 0 saturated carbocycles. The van der Waals surface area contributed by atoms with Crippen LogP contribution in [0.1, 0.15) is 10.4 Å². The number of hydrogen-bond acceptors (Lipinski definition) is 3. The van der Waals surface area contributed by atoms with Gasteiger partial charge in [-0.3, -0.25) is 9.20 Å². The molecule has 0 aliphatic carbocycles. The molecule has 0 radical (unpaired) electrons. The van der Waals surface area contributed by atoms with Crippen LogP contribution in [0, 0.1) is 0 Å². The Morgan fingerprint density at radius 1 is 1.04 bits per heavy atom. The van der Waals surface area contributed by atoms with Crippen molar-refractivity contribution in [3.63, 3.8) is 0 Å². The van der Waals surface area contributed by atoms with Crippen molar-refractivity contribution in [1.82, 2.24) is 4.40 Å². The van der Waals surface area contributed by atoms with E-state index in [0.29, 0.717) is 21.7 Å². The van der Waals surface area contributed by atoms with E-state index >= 15 is 0 Å². The van der Waals surface area contributed by atoms with Crippen molar-refractivity contribution in [3.8, 4) is 11.1 Å². The lowest BCUT2D eigenvalue weighted by molar-refractivity contribution is 0.0602. The van der Waals surface area contributed by atoms with Gasteiger partial charge in [0.2, 0.25) is 0 Å². The molecule has 4 nitrogen and oxygen atoms in total. The molecule has 0 atom stereocenters. The molecule has 0 fully saturated rings. The van der Waals surface area contributed by atoms with Crippen LogP contribution in [0.4, 0.5) is 0 Å². The van der Waals surface area contributed by atoms with Crippen LogP contribution in [0.15, 0.2) is 71.7 Å². The molecule has 0 spiro atoms. The smallest absolute Gasteiger partial charge is 0.340 e. The fraction of sp³-hybridized carbons (Fsp3) is 0.0476. The predicted molar refractivity (Wildman–Crippen MR) is 103 cm³/mol. The highest BCUT2D eigenvalue weighted by molar-refractivity contribution is 6.31. The normalized spacial score (nSPS) is 11.0. The van der Waals surface area contributed by atoms with Gasteiger partial charge < -0.3 is 4.74 Å². The van der Waals surface area contributed by atoms with Crippen molar-refractivity contribution in [3.05, 3.63) is 87.8 Å². The predicted octanol–water partition coefficient (Wildman–Crippen LogP) is 4.56. The molecule has 2 aromatic carbocycles. The van der Waals surface area contributed by atoms with E-state index in [1.807, 2.05) is 42.5 Å². The molecular formula is C21H14ClNO3. The number of methoxy groups -OCH3 is 1. The number of aromatic nitrogens is 1. The number of hydrogen-bond donors (Lipinski definition) is 0. The summed E-state index contributed by atoms with van der Waals surface area (Å²) in [7, 11) is 1.32. The molecule has 26 heavy (non-hydrogen) atoms. The van der Waals surface area contributed by atoms with Gasteiger partial charge in [0.15, 0.2) is 0 Å². The second-order valence-electron chi connectivity index (χ2n) is 5.90. The summed E-state index contributed by atoms with van der Waals surface area (Å²) >= 11 is 6.15. The molecule has 0 N–H and O–H groups in total.